The fourth-order valence-electron chi connectivity index (χ4n) is 4.00. The number of nitrogens with one attached hydrogen (secondary N) is 3. The molecule has 0 spiro atoms. The third-order valence-corrected chi connectivity index (χ3v) is 5.86. The molecular weight excluding hydrogens is 514 g/mol. The van der Waals surface area contributed by atoms with Crippen LogP contribution in [-0.4, -0.2) is 33.3 Å². The molecule has 0 aliphatic carbocycles. The van der Waals surface area contributed by atoms with Crippen molar-refractivity contribution in [1.29, 1.82) is 0 Å². The zero-order valence-corrected chi connectivity index (χ0v) is 22.9. The molecule has 4 N–H and O–H groups in total. The highest BCUT2D eigenvalue weighted by Crippen LogP contribution is 2.26. The summed E-state index contributed by atoms with van der Waals surface area (Å²) in [5.41, 5.74) is 6.57. The van der Waals surface area contributed by atoms with Crippen LogP contribution in [0, 0.1) is 13.8 Å². The number of aromatic nitrogens is 3. The molecule has 5 aromatic rings. The first kappa shape index (κ1) is 26.9. The molecule has 0 fully saturated rings. The Hall–Kier alpha value is -5.64. The number of nitrogens with zero attached hydrogens (tertiary/aromatic N) is 6. The van der Waals surface area contributed by atoms with Crippen molar-refractivity contribution in [3.63, 3.8) is 0 Å². The summed E-state index contributed by atoms with van der Waals surface area (Å²) in [4.78, 5) is 17.9. The van der Waals surface area contributed by atoms with Gasteiger partial charge in [-0.2, -0.15) is 25.2 Å². The Balaban J connectivity index is 1.28. The minimum absolute atomic E-state index is 0.103. The van der Waals surface area contributed by atoms with Gasteiger partial charge in [-0.3, -0.25) is 4.99 Å². The van der Waals surface area contributed by atoms with Crippen LogP contribution in [-0.2, 0) is 0 Å². The highest BCUT2D eigenvalue weighted by atomic mass is 16.3. The number of anilines is 5. The van der Waals surface area contributed by atoms with Crippen molar-refractivity contribution in [1.82, 2.24) is 15.0 Å². The van der Waals surface area contributed by atoms with Gasteiger partial charge in [0.05, 0.1) is 17.1 Å². The number of hydrogen-bond donors (Lipinski definition) is 4. The number of phenolic OH excluding ortho intramolecular Hbond substituents is 1. The molecule has 0 aliphatic rings. The maximum absolute atomic E-state index is 10.3. The molecular formula is C31H29N9O. The van der Waals surface area contributed by atoms with Crippen LogP contribution in [0.1, 0.15) is 16.7 Å². The van der Waals surface area contributed by atoms with Gasteiger partial charge in [-0.15, -0.1) is 0 Å². The van der Waals surface area contributed by atoms with E-state index in [4.69, 9.17) is 0 Å². The van der Waals surface area contributed by atoms with Gasteiger partial charge in [-0.05, 0) is 91.7 Å². The maximum atomic E-state index is 10.3. The average Bonchev–Trinajstić information content (AvgIpc) is 2.96. The van der Waals surface area contributed by atoms with E-state index in [0.717, 1.165) is 28.2 Å². The molecule has 10 heteroatoms. The highest BCUT2D eigenvalue weighted by Gasteiger charge is 2.08. The third-order valence-electron chi connectivity index (χ3n) is 5.86. The van der Waals surface area contributed by atoms with Crippen molar-refractivity contribution in [2.24, 2.45) is 15.2 Å². The minimum atomic E-state index is 0.103. The van der Waals surface area contributed by atoms with Crippen LogP contribution in [0.15, 0.2) is 106 Å². The van der Waals surface area contributed by atoms with Gasteiger partial charge < -0.3 is 21.1 Å². The van der Waals surface area contributed by atoms with Gasteiger partial charge in [0, 0.05) is 30.2 Å². The van der Waals surface area contributed by atoms with E-state index in [1.807, 2.05) is 80.6 Å². The van der Waals surface area contributed by atoms with Crippen LogP contribution in [0.4, 0.5) is 46.3 Å². The summed E-state index contributed by atoms with van der Waals surface area (Å²) in [7, 11) is 1.76. The van der Waals surface area contributed by atoms with Crippen molar-refractivity contribution in [2.75, 3.05) is 23.0 Å². The Morgan fingerprint density at radius 1 is 0.634 bits per heavy atom. The molecule has 10 nitrogen and oxygen atoms in total. The maximum Gasteiger partial charge on any atom is 0.233 e. The topological polar surface area (TPSA) is 132 Å². The number of phenols is 1. The smallest absolute Gasteiger partial charge is 0.233 e. The van der Waals surface area contributed by atoms with Crippen molar-refractivity contribution in [3.05, 3.63) is 108 Å². The Bertz CT molecular complexity index is 1680. The fraction of sp³-hybridized carbons (Fsp3) is 0.0968. The standard InChI is InChI=1S/C31H29N9O/c1-20-15-21(2)17-27(16-20)35-31-37-29(32-3)36-30(38-31)34-24-11-9-23(10-12-24)33-19-22-18-26(13-14-28(22)41)40-39-25-7-5-4-6-8-25/h4-19,41H,1-3H3,(H3,32,34,35,36,37,38). The fourth-order valence-corrected chi connectivity index (χ4v) is 4.00. The van der Waals surface area contributed by atoms with Crippen molar-refractivity contribution in [3.8, 4) is 5.75 Å². The van der Waals surface area contributed by atoms with Gasteiger partial charge in [0.2, 0.25) is 17.8 Å². The lowest BCUT2D eigenvalue weighted by Gasteiger charge is -2.11. The number of aryl methyl sites for hydroxylation is 2. The molecule has 0 unspecified atom stereocenters. The van der Waals surface area contributed by atoms with Crippen molar-refractivity contribution < 1.29 is 5.11 Å². The lowest BCUT2D eigenvalue weighted by Crippen LogP contribution is -2.07. The summed E-state index contributed by atoms with van der Waals surface area (Å²) < 4.78 is 0. The van der Waals surface area contributed by atoms with Gasteiger partial charge in [0.1, 0.15) is 5.75 Å². The van der Waals surface area contributed by atoms with Crippen LogP contribution in [0.25, 0.3) is 0 Å². The second-order valence-electron chi connectivity index (χ2n) is 9.27. The summed E-state index contributed by atoms with van der Waals surface area (Å²) >= 11 is 0. The zero-order valence-electron chi connectivity index (χ0n) is 22.9. The molecule has 0 atom stereocenters. The van der Waals surface area contributed by atoms with Crippen molar-refractivity contribution >= 4 is 52.5 Å². The van der Waals surface area contributed by atoms with Gasteiger partial charge in [-0.25, -0.2) is 0 Å². The molecule has 0 amide bonds. The Kier molecular flexibility index (Phi) is 8.20. The van der Waals surface area contributed by atoms with E-state index in [2.05, 4.69) is 52.2 Å². The lowest BCUT2D eigenvalue weighted by atomic mass is 10.1. The van der Waals surface area contributed by atoms with E-state index in [1.54, 1.807) is 31.5 Å². The van der Waals surface area contributed by atoms with Crippen LogP contribution in [0.2, 0.25) is 0 Å². The minimum Gasteiger partial charge on any atom is -0.507 e. The second-order valence-corrected chi connectivity index (χ2v) is 9.27. The molecule has 0 bridgehead atoms. The first-order chi connectivity index (χ1) is 19.9. The molecule has 0 saturated heterocycles. The molecule has 1 heterocycles. The summed E-state index contributed by atoms with van der Waals surface area (Å²) in [5, 5.41) is 28.2. The van der Waals surface area contributed by atoms with Crippen LogP contribution in [0.3, 0.4) is 0 Å². The summed E-state index contributed by atoms with van der Waals surface area (Å²) in [6.07, 6.45) is 1.59. The Labute approximate surface area is 238 Å². The van der Waals surface area contributed by atoms with E-state index < -0.39 is 0 Å². The lowest BCUT2D eigenvalue weighted by molar-refractivity contribution is 0.474. The normalized spacial score (nSPS) is 11.2. The molecule has 5 rings (SSSR count). The van der Waals surface area contributed by atoms with E-state index >= 15 is 0 Å². The van der Waals surface area contributed by atoms with E-state index in [-0.39, 0.29) is 5.75 Å². The predicted molar refractivity (Wildman–Crippen MR) is 164 cm³/mol. The first-order valence-corrected chi connectivity index (χ1v) is 12.9. The quantitative estimate of drug-likeness (QED) is 0.110. The molecule has 4 aromatic carbocycles. The number of aromatic hydroxyl groups is 1. The Morgan fingerprint density at radius 2 is 1.24 bits per heavy atom. The summed E-state index contributed by atoms with van der Waals surface area (Å²) in [5.74, 6) is 1.34. The highest BCUT2D eigenvalue weighted by molar-refractivity contribution is 5.86. The monoisotopic (exact) mass is 543 g/mol. The van der Waals surface area contributed by atoms with E-state index in [1.165, 1.54) is 0 Å². The number of hydrogen-bond acceptors (Lipinski definition) is 10. The molecule has 0 saturated carbocycles. The molecule has 0 radical (unpaired) electrons. The first-order valence-electron chi connectivity index (χ1n) is 12.9. The number of rotatable bonds is 9. The number of aliphatic imine (C=N–C) groups is 1. The third kappa shape index (κ3) is 7.48. The molecule has 1 aromatic heterocycles. The van der Waals surface area contributed by atoms with Crippen LogP contribution >= 0.6 is 0 Å². The SMILES string of the molecule is CNc1nc(Nc2ccc(N=Cc3cc(N=Nc4ccccc4)ccc3O)cc2)nc(Nc2cc(C)cc(C)c2)n1. The number of azo groups is 1. The van der Waals surface area contributed by atoms with Gasteiger partial charge >= 0.3 is 0 Å². The summed E-state index contributed by atoms with van der Waals surface area (Å²) in [6, 6.07) is 28.1. The van der Waals surface area contributed by atoms with Gasteiger partial charge in [0.25, 0.3) is 0 Å². The van der Waals surface area contributed by atoms with Crippen LogP contribution < -0.4 is 16.0 Å². The molecule has 0 aliphatic heterocycles. The van der Waals surface area contributed by atoms with E-state index in [9.17, 15) is 5.11 Å². The van der Waals surface area contributed by atoms with Crippen molar-refractivity contribution in [2.45, 2.75) is 13.8 Å². The summed E-state index contributed by atoms with van der Waals surface area (Å²) in [6.45, 7) is 4.09. The van der Waals surface area contributed by atoms with Gasteiger partial charge in [0.15, 0.2) is 0 Å². The average molecular weight is 544 g/mol. The molecule has 204 valence electrons. The van der Waals surface area contributed by atoms with Gasteiger partial charge in [-0.1, -0.05) is 24.3 Å². The largest absolute Gasteiger partial charge is 0.507 e. The zero-order chi connectivity index (χ0) is 28.6. The Morgan fingerprint density at radius 3 is 1.93 bits per heavy atom. The van der Waals surface area contributed by atoms with Crippen LogP contribution in [0.5, 0.6) is 5.75 Å². The molecule has 41 heavy (non-hydrogen) atoms. The second kappa shape index (κ2) is 12.5. The van der Waals surface area contributed by atoms with E-state index in [0.29, 0.717) is 34.8 Å². The number of benzene rings is 4. The predicted octanol–water partition coefficient (Wildman–Crippen LogP) is 7.89.